The second kappa shape index (κ2) is 7.43. The molecule has 0 fully saturated rings. The molecule has 0 aromatic heterocycles. The van der Waals surface area contributed by atoms with Crippen LogP contribution in [0.4, 0.5) is 0 Å². The lowest BCUT2D eigenvalue weighted by molar-refractivity contribution is -0.157. The molecule has 1 aromatic carbocycles. The van der Waals surface area contributed by atoms with E-state index in [0.717, 1.165) is 5.56 Å². The predicted molar refractivity (Wildman–Crippen MR) is 72.3 cm³/mol. The van der Waals surface area contributed by atoms with Crippen LogP contribution in [0.3, 0.4) is 0 Å². The summed E-state index contributed by atoms with van der Waals surface area (Å²) in [6.07, 6.45) is 0.874. The molecule has 108 valence electrons. The van der Waals surface area contributed by atoms with Gasteiger partial charge in [0.15, 0.2) is 5.92 Å². The Morgan fingerprint density at radius 1 is 1.05 bits per heavy atom. The molecule has 20 heavy (non-hydrogen) atoms. The smallest absolute Gasteiger partial charge is 0.318 e. The number of ketones is 1. The summed E-state index contributed by atoms with van der Waals surface area (Å²) in [5, 5.41) is 18.1. The molecular weight excluding hydrogens is 260 g/mol. The lowest BCUT2D eigenvalue weighted by Crippen LogP contribution is -2.32. The molecule has 0 radical (unpaired) electrons. The molecule has 1 aromatic rings. The Hall–Kier alpha value is -2.17. The molecule has 0 spiro atoms. The fourth-order valence-electron chi connectivity index (χ4n) is 2.26. The van der Waals surface area contributed by atoms with Crippen molar-refractivity contribution in [3.8, 4) is 0 Å². The Balaban J connectivity index is 2.80. The SMILES string of the molecule is CC(=O)C[C@H](CCc1ccccc1)C(C(=O)O)C(=O)O. The van der Waals surface area contributed by atoms with E-state index in [4.69, 9.17) is 10.2 Å². The van der Waals surface area contributed by atoms with Gasteiger partial charge in [0.05, 0.1) is 0 Å². The first-order valence-corrected chi connectivity index (χ1v) is 6.40. The maximum atomic E-state index is 11.2. The van der Waals surface area contributed by atoms with E-state index in [2.05, 4.69) is 0 Å². The lowest BCUT2D eigenvalue weighted by atomic mass is 9.83. The van der Waals surface area contributed by atoms with Crippen molar-refractivity contribution in [2.75, 3.05) is 0 Å². The number of benzene rings is 1. The molecule has 0 saturated carbocycles. The van der Waals surface area contributed by atoms with Crippen molar-refractivity contribution in [2.24, 2.45) is 11.8 Å². The maximum Gasteiger partial charge on any atom is 0.318 e. The Bertz CT molecular complexity index is 466. The summed E-state index contributed by atoms with van der Waals surface area (Å²) in [5.74, 6) is -5.21. The van der Waals surface area contributed by atoms with Gasteiger partial charge in [0.1, 0.15) is 5.78 Å². The second-order valence-corrected chi connectivity index (χ2v) is 4.84. The van der Waals surface area contributed by atoms with Crippen molar-refractivity contribution < 1.29 is 24.6 Å². The summed E-state index contributed by atoms with van der Waals surface area (Å²) < 4.78 is 0. The van der Waals surface area contributed by atoms with E-state index >= 15 is 0 Å². The van der Waals surface area contributed by atoms with Crippen molar-refractivity contribution >= 4 is 17.7 Å². The highest BCUT2D eigenvalue weighted by atomic mass is 16.4. The Kier molecular flexibility index (Phi) is 5.90. The van der Waals surface area contributed by atoms with E-state index in [0.29, 0.717) is 12.8 Å². The quantitative estimate of drug-likeness (QED) is 0.710. The van der Waals surface area contributed by atoms with Gasteiger partial charge in [0.25, 0.3) is 0 Å². The molecule has 1 atom stereocenters. The first-order chi connectivity index (χ1) is 9.41. The molecular formula is C15H18O5. The second-order valence-electron chi connectivity index (χ2n) is 4.84. The van der Waals surface area contributed by atoms with Crippen LogP contribution in [0.15, 0.2) is 30.3 Å². The first kappa shape index (κ1) is 15.9. The van der Waals surface area contributed by atoms with E-state index < -0.39 is 23.8 Å². The number of carbonyl (C=O) groups excluding carboxylic acids is 1. The van der Waals surface area contributed by atoms with Gasteiger partial charge in [0, 0.05) is 6.42 Å². The topological polar surface area (TPSA) is 91.7 Å². The third-order valence-electron chi connectivity index (χ3n) is 3.20. The van der Waals surface area contributed by atoms with Crippen LogP contribution in [0.25, 0.3) is 0 Å². The average Bonchev–Trinajstić information content (AvgIpc) is 2.35. The van der Waals surface area contributed by atoms with E-state index in [1.54, 1.807) is 0 Å². The third kappa shape index (κ3) is 4.84. The van der Waals surface area contributed by atoms with Crippen LogP contribution in [0, 0.1) is 11.8 Å². The van der Waals surface area contributed by atoms with Crippen molar-refractivity contribution in [3.05, 3.63) is 35.9 Å². The third-order valence-corrected chi connectivity index (χ3v) is 3.20. The van der Waals surface area contributed by atoms with Gasteiger partial charge in [-0.25, -0.2) is 0 Å². The van der Waals surface area contributed by atoms with Crippen LogP contribution < -0.4 is 0 Å². The number of aryl methyl sites for hydroxylation is 1. The predicted octanol–water partition coefficient (Wildman–Crippen LogP) is 2.00. The van der Waals surface area contributed by atoms with Gasteiger partial charge in [0.2, 0.25) is 0 Å². The Morgan fingerprint density at radius 3 is 2.05 bits per heavy atom. The zero-order valence-electron chi connectivity index (χ0n) is 11.3. The number of carboxylic acid groups (broad SMARTS) is 2. The minimum Gasteiger partial charge on any atom is -0.481 e. The maximum absolute atomic E-state index is 11.2. The summed E-state index contributed by atoms with van der Waals surface area (Å²) in [4.78, 5) is 33.4. The highest BCUT2D eigenvalue weighted by Gasteiger charge is 2.35. The molecule has 0 amide bonds. The van der Waals surface area contributed by atoms with Crippen LogP contribution in [0.1, 0.15) is 25.3 Å². The summed E-state index contributed by atoms with van der Waals surface area (Å²) in [6, 6.07) is 9.37. The number of aliphatic carboxylic acids is 2. The number of carbonyl (C=O) groups is 3. The molecule has 5 nitrogen and oxygen atoms in total. The van der Waals surface area contributed by atoms with E-state index in [-0.39, 0.29) is 12.2 Å². The highest BCUT2D eigenvalue weighted by molar-refractivity contribution is 5.94. The van der Waals surface area contributed by atoms with Gasteiger partial charge in [-0.2, -0.15) is 0 Å². The van der Waals surface area contributed by atoms with Crippen molar-refractivity contribution in [1.29, 1.82) is 0 Å². The standard InChI is InChI=1S/C15H18O5/c1-10(16)9-12(13(14(17)18)15(19)20)8-7-11-5-3-2-4-6-11/h2-6,12-13H,7-9H2,1H3,(H,17,18)(H,19,20)/t12-/m0/s1. The molecule has 0 aliphatic heterocycles. The Labute approximate surface area is 117 Å². The number of Topliss-reactive ketones (excluding diaryl/α,β-unsaturated/α-hetero) is 1. The number of hydrogen-bond acceptors (Lipinski definition) is 3. The molecule has 0 bridgehead atoms. The van der Waals surface area contributed by atoms with Gasteiger partial charge in [-0.15, -0.1) is 0 Å². The number of carboxylic acids is 2. The molecule has 0 aliphatic carbocycles. The van der Waals surface area contributed by atoms with Crippen LogP contribution in [-0.2, 0) is 20.8 Å². The van der Waals surface area contributed by atoms with Gasteiger partial charge < -0.3 is 15.0 Å². The number of hydrogen-bond donors (Lipinski definition) is 2. The van der Waals surface area contributed by atoms with E-state index in [1.807, 2.05) is 30.3 Å². The van der Waals surface area contributed by atoms with Crippen LogP contribution >= 0.6 is 0 Å². The molecule has 0 saturated heterocycles. The zero-order chi connectivity index (χ0) is 15.1. The van der Waals surface area contributed by atoms with Gasteiger partial charge >= 0.3 is 11.9 Å². The zero-order valence-corrected chi connectivity index (χ0v) is 11.3. The monoisotopic (exact) mass is 278 g/mol. The highest BCUT2D eigenvalue weighted by Crippen LogP contribution is 2.23. The minimum absolute atomic E-state index is 0.0316. The summed E-state index contributed by atoms with van der Waals surface area (Å²) in [5.41, 5.74) is 0.996. The average molecular weight is 278 g/mol. The van der Waals surface area contributed by atoms with Gasteiger partial charge in [-0.3, -0.25) is 9.59 Å². The van der Waals surface area contributed by atoms with Crippen molar-refractivity contribution in [2.45, 2.75) is 26.2 Å². The Morgan fingerprint density at radius 2 is 1.60 bits per heavy atom. The molecule has 0 unspecified atom stereocenters. The van der Waals surface area contributed by atoms with E-state index in [9.17, 15) is 14.4 Å². The molecule has 1 rings (SSSR count). The van der Waals surface area contributed by atoms with E-state index in [1.165, 1.54) is 6.92 Å². The molecule has 5 heteroatoms. The van der Waals surface area contributed by atoms with Gasteiger partial charge in [-0.05, 0) is 31.2 Å². The van der Waals surface area contributed by atoms with Gasteiger partial charge in [-0.1, -0.05) is 30.3 Å². The summed E-state index contributed by atoms with van der Waals surface area (Å²) in [6.45, 7) is 1.34. The lowest BCUT2D eigenvalue weighted by Gasteiger charge is -2.19. The van der Waals surface area contributed by atoms with Crippen molar-refractivity contribution in [3.63, 3.8) is 0 Å². The van der Waals surface area contributed by atoms with Crippen molar-refractivity contribution in [1.82, 2.24) is 0 Å². The molecule has 0 heterocycles. The summed E-state index contributed by atoms with van der Waals surface area (Å²) in [7, 11) is 0. The van der Waals surface area contributed by atoms with Crippen LogP contribution in [0.2, 0.25) is 0 Å². The molecule has 2 N–H and O–H groups in total. The van der Waals surface area contributed by atoms with Crippen LogP contribution in [-0.4, -0.2) is 27.9 Å². The molecule has 0 aliphatic rings. The normalized spacial score (nSPS) is 12.1. The minimum atomic E-state index is -1.54. The first-order valence-electron chi connectivity index (χ1n) is 6.40. The largest absolute Gasteiger partial charge is 0.481 e. The fourth-order valence-corrected chi connectivity index (χ4v) is 2.26. The number of rotatable bonds is 8. The summed E-state index contributed by atoms with van der Waals surface area (Å²) >= 11 is 0. The fraction of sp³-hybridized carbons (Fsp3) is 0.400. The van der Waals surface area contributed by atoms with Crippen LogP contribution in [0.5, 0.6) is 0 Å².